The highest BCUT2D eigenvalue weighted by molar-refractivity contribution is 5.42. The van der Waals surface area contributed by atoms with Crippen molar-refractivity contribution in [1.82, 2.24) is 5.43 Å². The summed E-state index contributed by atoms with van der Waals surface area (Å²) in [6.07, 6.45) is -2.01. The lowest BCUT2D eigenvalue weighted by molar-refractivity contribution is 0.0143. The van der Waals surface area contributed by atoms with Crippen LogP contribution in [0, 0.1) is 0 Å². The van der Waals surface area contributed by atoms with Gasteiger partial charge in [-0.3, -0.25) is 11.3 Å². The molecule has 1 aromatic rings. The second-order valence-corrected chi connectivity index (χ2v) is 4.08. The van der Waals surface area contributed by atoms with Crippen molar-refractivity contribution in [3.8, 4) is 11.5 Å². The van der Waals surface area contributed by atoms with Crippen LogP contribution in [0.3, 0.4) is 0 Å². The maximum atomic E-state index is 12.0. The quantitative estimate of drug-likeness (QED) is 0.413. The SMILES string of the molecule is COc1ccc(C(CCOCC(F)F)NN)c(OC)c1. The Kier molecular flexibility index (Phi) is 7.21. The lowest BCUT2D eigenvalue weighted by Crippen LogP contribution is -2.29. The Balaban J connectivity index is 2.68. The molecule has 0 bridgehead atoms. The first-order valence-electron chi connectivity index (χ1n) is 6.16. The van der Waals surface area contributed by atoms with Gasteiger partial charge in [-0.1, -0.05) is 6.07 Å². The maximum absolute atomic E-state index is 12.0. The normalized spacial score (nSPS) is 12.5. The first-order valence-corrected chi connectivity index (χ1v) is 6.16. The van der Waals surface area contributed by atoms with Crippen LogP contribution in [0.25, 0.3) is 0 Å². The van der Waals surface area contributed by atoms with Crippen LogP contribution >= 0.6 is 0 Å². The standard InChI is InChI=1S/C13H20F2N2O3/c1-18-9-3-4-10(12(7-9)19-2)11(17-16)5-6-20-8-13(14)15/h3-4,7,11,13,17H,5-6,8,16H2,1-2H3. The van der Waals surface area contributed by atoms with E-state index in [1.165, 1.54) is 0 Å². The van der Waals surface area contributed by atoms with E-state index in [1.807, 2.05) is 6.07 Å². The van der Waals surface area contributed by atoms with E-state index in [9.17, 15) is 8.78 Å². The van der Waals surface area contributed by atoms with Crippen molar-refractivity contribution in [1.29, 1.82) is 0 Å². The monoisotopic (exact) mass is 290 g/mol. The van der Waals surface area contributed by atoms with Gasteiger partial charge in [0.05, 0.1) is 20.3 Å². The summed E-state index contributed by atoms with van der Waals surface area (Å²) in [6, 6.07) is 5.07. The second kappa shape index (κ2) is 8.68. The van der Waals surface area contributed by atoms with Crippen molar-refractivity contribution in [2.45, 2.75) is 18.9 Å². The summed E-state index contributed by atoms with van der Waals surface area (Å²) in [7, 11) is 3.10. The number of nitrogens with one attached hydrogen (secondary N) is 1. The zero-order chi connectivity index (χ0) is 15.0. The van der Waals surface area contributed by atoms with Gasteiger partial charge < -0.3 is 14.2 Å². The minimum atomic E-state index is -2.46. The van der Waals surface area contributed by atoms with E-state index in [0.29, 0.717) is 17.9 Å². The van der Waals surface area contributed by atoms with Gasteiger partial charge in [0, 0.05) is 18.2 Å². The molecule has 0 amide bonds. The molecule has 0 saturated carbocycles. The molecule has 7 heteroatoms. The maximum Gasteiger partial charge on any atom is 0.261 e. The van der Waals surface area contributed by atoms with Crippen LogP contribution < -0.4 is 20.7 Å². The van der Waals surface area contributed by atoms with Crippen molar-refractivity contribution in [2.24, 2.45) is 5.84 Å². The second-order valence-electron chi connectivity index (χ2n) is 4.08. The summed E-state index contributed by atoms with van der Waals surface area (Å²) in [6.45, 7) is -0.397. The van der Waals surface area contributed by atoms with Gasteiger partial charge in [0.2, 0.25) is 0 Å². The van der Waals surface area contributed by atoms with Gasteiger partial charge in [0.15, 0.2) is 0 Å². The molecule has 0 fully saturated rings. The summed E-state index contributed by atoms with van der Waals surface area (Å²) < 4.78 is 39.2. The third-order valence-corrected chi connectivity index (χ3v) is 2.81. The van der Waals surface area contributed by atoms with E-state index in [4.69, 9.17) is 20.1 Å². The number of ether oxygens (including phenoxy) is 3. The molecule has 1 atom stereocenters. The fourth-order valence-corrected chi connectivity index (χ4v) is 1.81. The molecule has 1 unspecified atom stereocenters. The number of halogens is 2. The van der Waals surface area contributed by atoms with Gasteiger partial charge >= 0.3 is 0 Å². The Bertz CT molecular complexity index is 405. The molecule has 114 valence electrons. The Morgan fingerprint density at radius 2 is 2.00 bits per heavy atom. The van der Waals surface area contributed by atoms with Gasteiger partial charge in [-0.25, -0.2) is 8.78 Å². The number of methoxy groups -OCH3 is 2. The Labute approximate surface area is 117 Å². The summed E-state index contributed by atoms with van der Waals surface area (Å²) in [5.41, 5.74) is 3.45. The first-order chi connectivity index (χ1) is 9.62. The molecular formula is C13H20F2N2O3. The largest absolute Gasteiger partial charge is 0.497 e. The van der Waals surface area contributed by atoms with Gasteiger partial charge in [-0.05, 0) is 12.5 Å². The predicted molar refractivity (Wildman–Crippen MR) is 71.1 cm³/mol. The number of alkyl halides is 2. The third kappa shape index (κ3) is 4.92. The van der Waals surface area contributed by atoms with Gasteiger partial charge in [-0.15, -0.1) is 0 Å². The Hall–Kier alpha value is -1.44. The molecule has 0 aliphatic carbocycles. The number of nitrogens with two attached hydrogens (primary N) is 1. The average Bonchev–Trinajstić information content (AvgIpc) is 2.46. The van der Waals surface area contributed by atoms with Gasteiger partial charge in [-0.2, -0.15) is 0 Å². The van der Waals surface area contributed by atoms with E-state index in [1.54, 1.807) is 26.4 Å². The average molecular weight is 290 g/mol. The van der Waals surface area contributed by atoms with Gasteiger partial charge in [0.25, 0.3) is 6.43 Å². The smallest absolute Gasteiger partial charge is 0.261 e. The van der Waals surface area contributed by atoms with Crippen molar-refractivity contribution in [3.63, 3.8) is 0 Å². The minimum absolute atomic E-state index is 0.175. The number of rotatable bonds is 9. The molecule has 5 nitrogen and oxygen atoms in total. The van der Waals surface area contributed by atoms with Crippen molar-refractivity contribution in [3.05, 3.63) is 23.8 Å². The van der Waals surface area contributed by atoms with Crippen LogP contribution in [0.5, 0.6) is 11.5 Å². The van der Waals surface area contributed by atoms with Crippen LogP contribution in [-0.4, -0.2) is 33.9 Å². The lowest BCUT2D eigenvalue weighted by atomic mass is 10.0. The number of hydrogen-bond acceptors (Lipinski definition) is 5. The molecule has 0 spiro atoms. The predicted octanol–water partition coefficient (Wildman–Crippen LogP) is 1.88. The summed E-state index contributed by atoms with van der Waals surface area (Å²) in [5.74, 6) is 6.77. The van der Waals surface area contributed by atoms with Crippen molar-refractivity contribution in [2.75, 3.05) is 27.4 Å². The molecule has 0 aromatic heterocycles. The van der Waals surface area contributed by atoms with E-state index in [-0.39, 0.29) is 12.6 Å². The van der Waals surface area contributed by atoms with Crippen molar-refractivity contribution < 1.29 is 23.0 Å². The summed E-state index contributed by atoms with van der Waals surface area (Å²) in [4.78, 5) is 0. The molecule has 1 aromatic carbocycles. The summed E-state index contributed by atoms with van der Waals surface area (Å²) in [5, 5.41) is 0. The summed E-state index contributed by atoms with van der Waals surface area (Å²) >= 11 is 0. The number of benzene rings is 1. The van der Waals surface area contributed by atoms with Crippen LogP contribution in [0.1, 0.15) is 18.0 Å². The number of hydrazine groups is 1. The zero-order valence-corrected chi connectivity index (χ0v) is 11.6. The van der Waals surface area contributed by atoms with Crippen molar-refractivity contribution >= 4 is 0 Å². The zero-order valence-electron chi connectivity index (χ0n) is 11.6. The fraction of sp³-hybridized carbons (Fsp3) is 0.538. The van der Waals surface area contributed by atoms with E-state index in [2.05, 4.69) is 5.43 Å². The molecule has 0 radical (unpaired) electrons. The molecule has 0 heterocycles. The van der Waals surface area contributed by atoms with E-state index >= 15 is 0 Å². The van der Waals surface area contributed by atoms with Crippen LogP contribution in [0.2, 0.25) is 0 Å². The molecule has 0 aliphatic heterocycles. The Morgan fingerprint density at radius 1 is 1.25 bits per heavy atom. The fourth-order valence-electron chi connectivity index (χ4n) is 1.81. The lowest BCUT2D eigenvalue weighted by Gasteiger charge is -2.19. The highest BCUT2D eigenvalue weighted by atomic mass is 19.3. The van der Waals surface area contributed by atoms with E-state index < -0.39 is 13.0 Å². The molecule has 3 N–H and O–H groups in total. The molecule has 0 aliphatic rings. The highest BCUT2D eigenvalue weighted by Crippen LogP contribution is 2.30. The Morgan fingerprint density at radius 3 is 2.55 bits per heavy atom. The highest BCUT2D eigenvalue weighted by Gasteiger charge is 2.16. The number of hydrogen-bond donors (Lipinski definition) is 2. The molecule has 0 saturated heterocycles. The van der Waals surface area contributed by atoms with Crippen LogP contribution in [-0.2, 0) is 4.74 Å². The van der Waals surface area contributed by atoms with Crippen LogP contribution in [0.4, 0.5) is 8.78 Å². The topological polar surface area (TPSA) is 65.7 Å². The van der Waals surface area contributed by atoms with Crippen LogP contribution in [0.15, 0.2) is 18.2 Å². The minimum Gasteiger partial charge on any atom is -0.497 e. The molecular weight excluding hydrogens is 270 g/mol. The van der Waals surface area contributed by atoms with E-state index in [0.717, 1.165) is 5.56 Å². The van der Waals surface area contributed by atoms with Gasteiger partial charge in [0.1, 0.15) is 18.1 Å². The molecule has 20 heavy (non-hydrogen) atoms. The molecule has 1 rings (SSSR count). The third-order valence-electron chi connectivity index (χ3n) is 2.81. The first kappa shape index (κ1) is 16.6.